The summed E-state index contributed by atoms with van der Waals surface area (Å²) in [6, 6.07) is 5.71. The first kappa shape index (κ1) is 20.8. The van der Waals surface area contributed by atoms with E-state index in [4.69, 9.17) is 9.47 Å². The molecule has 0 spiro atoms. The van der Waals surface area contributed by atoms with Crippen molar-refractivity contribution in [1.29, 1.82) is 0 Å². The molecule has 2 aliphatic rings. The number of benzene rings is 1. The minimum atomic E-state index is -0.585. The quantitative estimate of drug-likeness (QED) is 0.455. The highest BCUT2D eigenvalue weighted by Crippen LogP contribution is 2.44. The Morgan fingerprint density at radius 3 is 2.79 bits per heavy atom. The van der Waals surface area contributed by atoms with E-state index in [-0.39, 0.29) is 17.7 Å². The van der Waals surface area contributed by atoms with Crippen LogP contribution in [0.3, 0.4) is 0 Å². The molecule has 6 heteroatoms. The maximum absolute atomic E-state index is 13.0. The number of methoxy groups -OCH3 is 1. The summed E-state index contributed by atoms with van der Waals surface area (Å²) in [5.74, 6) is -0.483. The third-order valence-electron chi connectivity index (χ3n) is 5.37. The molecule has 150 valence electrons. The average Bonchev–Trinajstić information content (AvgIpc) is 2.67. The van der Waals surface area contributed by atoms with Gasteiger partial charge in [-0.2, -0.15) is 0 Å². The fourth-order valence-electron chi connectivity index (χ4n) is 3.95. The molecule has 28 heavy (non-hydrogen) atoms. The zero-order valence-electron chi connectivity index (χ0n) is 16.6. The predicted octanol–water partition coefficient (Wildman–Crippen LogP) is 4.98. The van der Waals surface area contributed by atoms with E-state index >= 15 is 0 Å². The second-order valence-electron chi connectivity index (χ2n) is 7.26. The molecule has 2 atom stereocenters. The number of nitrogens with zero attached hydrogens (tertiary/aromatic N) is 1. The summed E-state index contributed by atoms with van der Waals surface area (Å²) in [4.78, 5) is 30.5. The van der Waals surface area contributed by atoms with Crippen LogP contribution in [0, 0.1) is 5.92 Å². The number of halogens is 1. The molecule has 0 aromatic heterocycles. The highest BCUT2D eigenvalue weighted by molar-refractivity contribution is 9.10. The van der Waals surface area contributed by atoms with Gasteiger partial charge in [0.05, 0.1) is 18.2 Å². The lowest BCUT2D eigenvalue weighted by Gasteiger charge is -2.34. The minimum Gasteiger partial charge on any atom is -0.496 e. The second kappa shape index (κ2) is 9.03. The van der Waals surface area contributed by atoms with E-state index in [0.29, 0.717) is 30.1 Å². The van der Waals surface area contributed by atoms with Gasteiger partial charge in [-0.15, -0.1) is 0 Å². The Morgan fingerprint density at radius 1 is 1.32 bits per heavy atom. The third-order valence-corrected chi connectivity index (χ3v) is 5.99. The zero-order chi connectivity index (χ0) is 20.3. The Labute approximate surface area is 174 Å². The number of hydrogen-bond donors (Lipinski definition) is 0. The van der Waals surface area contributed by atoms with Gasteiger partial charge in [-0.1, -0.05) is 19.4 Å². The van der Waals surface area contributed by atoms with Gasteiger partial charge in [0, 0.05) is 29.3 Å². The lowest BCUT2D eigenvalue weighted by molar-refractivity contribution is -0.146. The lowest BCUT2D eigenvalue weighted by Crippen LogP contribution is -2.37. The number of carbonyl (C=O) groups excluding carboxylic acids is 2. The summed E-state index contributed by atoms with van der Waals surface area (Å²) in [5, 5.41) is 0. The Morgan fingerprint density at radius 2 is 2.11 bits per heavy atom. The number of aliphatic imine (C=N–C) groups is 1. The summed E-state index contributed by atoms with van der Waals surface area (Å²) in [7, 11) is 1.61. The fraction of sp³-hybridized carbons (Fsp3) is 0.500. The normalized spacial score (nSPS) is 21.9. The van der Waals surface area contributed by atoms with Gasteiger partial charge < -0.3 is 9.47 Å². The van der Waals surface area contributed by atoms with Crippen LogP contribution in [-0.2, 0) is 14.3 Å². The second-order valence-corrected chi connectivity index (χ2v) is 8.11. The smallest absolute Gasteiger partial charge is 0.315 e. The minimum absolute atomic E-state index is 0.0841. The molecule has 0 bridgehead atoms. The van der Waals surface area contributed by atoms with Crippen molar-refractivity contribution < 1.29 is 19.1 Å². The van der Waals surface area contributed by atoms with Gasteiger partial charge in [0.15, 0.2) is 5.78 Å². The van der Waals surface area contributed by atoms with Crippen molar-refractivity contribution in [2.24, 2.45) is 10.9 Å². The molecular formula is C22H26BrNO4. The van der Waals surface area contributed by atoms with Crippen molar-refractivity contribution in [3.63, 3.8) is 0 Å². The van der Waals surface area contributed by atoms with Gasteiger partial charge in [-0.25, -0.2) is 0 Å². The third kappa shape index (κ3) is 4.07. The maximum atomic E-state index is 13.0. The molecule has 0 radical (unpaired) electrons. The van der Waals surface area contributed by atoms with Crippen LogP contribution in [-0.4, -0.2) is 31.2 Å². The first-order chi connectivity index (χ1) is 13.5. The molecule has 1 aromatic carbocycles. The highest BCUT2D eigenvalue weighted by Gasteiger charge is 2.43. The van der Waals surface area contributed by atoms with Crippen LogP contribution in [0.4, 0.5) is 0 Å². The van der Waals surface area contributed by atoms with Crippen LogP contribution in [0.15, 0.2) is 38.9 Å². The van der Waals surface area contributed by atoms with Crippen molar-refractivity contribution in [3.8, 4) is 5.75 Å². The average molecular weight is 448 g/mol. The van der Waals surface area contributed by atoms with E-state index in [0.717, 1.165) is 41.4 Å². The van der Waals surface area contributed by atoms with Crippen molar-refractivity contribution >= 4 is 33.4 Å². The van der Waals surface area contributed by atoms with Crippen LogP contribution < -0.4 is 4.74 Å². The number of unbranched alkanes of at least 4 members (excludes halogenated alkanes) is 1. The SMILES string of the molecule is CCCCOC(=O)C1C(C)=NC2=C(C(=O)CCC2)[C@@H]1c1ccc(OC)c(Br)c1. The number of carbonyl (C=O) groups is 2. The van der Waals surface area contributed by atoms with Gasteiger partial charge in [0.1, 0.15) is 11.7 Å². The predicted molar refractivity (Wildman–Crippen MR) is 112 cm³/mol. The van der Waals surface area contributed by atoms with Crippen molar-refractivity contribution in [2.75, 3.05) is 13.7 Å². The number of ether oxygens (including phenoxy) is 2. The highest BCUT2D eigenvalue weighted by atomic mass is 79.9. The van der Waals surface area contributed by atoms with E-state index in [2.05, 4.69) is 27.8 Å². The van der Waals surface area contributed by atoms with Gasteiger partial charge >= 0.3 is 5.97 Å². The molecule has 0 saturated carbocycles. The van der Waals surface area contributed by atoms with E-state index in [1.54, 1.807) is 7.11 Å². The first-order valence-corrected chi connectivity index (χ1v) is 10.6. The topological polar surface area (TPSA) is 65.0 Å². The van der Waals surface area contributed by atoms with Crippen molar-refractivity contribution in [3.05, 3.63) is 39.5 Å². The summed E-state index contributed by atoms with van der Waals surface area (Å²) in [6.45, 7) is 4.30. The standard InChI is InChI=1S/C22H26BrNO4/c1-4-5-11-28-22(26)19-13(2)24-16-7-6-8-17(25)21(16)20(19)14-9-10-18(27-3)15(23)12-14/h9-10,12,19-20H,4-8,11H2,1-3H3/t19?,20-/m1/s1. The number of rotatable bonds is 6. The van der Waals surface area contributed by atoms with E-state index < -0.39 is 5.92 Å². The largest absolute Gasteiger partial charge is 0.496 e. The van der Waals surface area contributed by atoms with Crippen molar-refractivity contribution in [1.82, 2.24) is 0 Å². The Balaban J connectivity index is 2.06. The van der Waals surface area contributed by atoms with Gasteiger partial charge in [0.25, 0.3) is 0 Å². The van der Waals surface area contributed by atoms with Crippen LogP contribution in [0.5, 0.6) is 5.75 Å². The number of allylic oxidation sites excluding steroid dienone is 2. The van der Waals surface area contributed by atoms with Crippen LogP contribution in [0.1, 0.15) is 57.4 Å². The number of Topliss-reactive ketones (excluding diaryl/α,β-unsaturated/α-hetero) is 1. The molecule has 1 heterocycles. The van der Waals surface area contributed by atoms with Crippen LogP contribution >= 0.6 is 15.9 Å². The number of hydrogen-bond acceptors (Lipinski definition) is 5. The molecule has 1 unspecified atom stereocenters. The van der Waals surface area contributed by atoms with Gasteiger partial charge in [-0.05, 0) is 59.8 Å². The number of esters is 1. The molecule has 0 N–H and O–H groups in total. The van der Waals surface area contributed by atoms with Crippen molar-refractivity contribution in [2.45, 2.75) is 51.9 Å². The van der Waals surface area contributed by atoms with E-state index in [1.165, 1.54) is 0 Å². The molecule has 0 amide bonds. The van der Waals surface area contributed by atoms with Gasteiger partial charge in [0.2, 0.25) is 0 Å². The summed E-state index contributed by atoms with van der Waals surface area (Å²) in [5.41, 5.74) is 3.10. The molecule has 0 saturated heterocycles. The Kier molecular flexibility index (Phi) is 6.70. The first-order valence-electron chi connectivity index (χ1n) is 9.79. The molecule has 1 aliphatic carbocycles. The summed E-state index contributed by atoms with van der Waals surface area (Å²) >= 11 is 3.53. The molecule has 1 aliphatic heterocycles. The molecule has 5 nitrogen and oxygen atoms in total. The van der Waals surface area contributed by atoms with Crippen LogP contribution in [0.2, 0.25) is 0 Å². The zero-order valence-corrected chi connectivity index (χ0v) is 18.2. The Bertz CT molecular complexity index is 843. The lowest BCUT2D eigenvalue weighted by atomic mass is 9.72. The number of ketones is 1. The Hall–Kier alpha value is -1.95. The van der Waals surface area contributed by atoms with E-state index in [1.807, 2.05) is 25.1 Å². The summed E-state index contributed by atoms with van der Waals surface area (Å²) < 4.78 is 11.7. The summed E-state index contributed by atoms with van der Waals surface area (Å²) in [6.07, 6.45) is 3.84. The fourth-order valence-corrected chi connectivity index (χ4v) is 4.51. The van der Waals surface area contributed by atoms with Crippen LogP contribution in [0.25, 0.3) is 0 Å². The molecular weight excluding hydrogens is 422 g/mol. The monoisotopic (exact) mass is 447 g/mol. The molecule has 0 fully saturated rings. The molecule has 1 aromatic rings. The molecule has 3 rings (SSSR count). The van der Waals surface area contributed by atoms with Gasteiger partial charge in [-0.3, -0.25) is 14.6 Å². The maximum Gasteiger partial charge on any atom is 0.315 e. The van der Waals surface area contributed by atoms with E-state index in [9.17, 15) is 9.59 Å².